The van der Waals surface area contributed by atoms with Gasteiger partial charge in [-0.15, -0.1) is 5.10 Å². The van der Waals surface area contributed by atoms with Crippen molar-refractivity contribution in [2.75, 3.05) is 24.2 Å². The molecule has 0 aliphatic rings. The van der Waals surface area contributed by atoms with Gasteiger partial charge >= 0.3 is 0 Å². The number of anilines is 2. The third-order valence-corrected chi connectivity index (χ3v) is 2.38. The second-order valence-electron chi connectivity index (χ2n) is 3.93. The molecule has 5 heteroatoms. The van der Waals surface area contributed by atoms with E-state index < -0.39 is 0 Å². The molecule has 0 bridgehead atoms. The van der Waals surface area contributed by atoms with E-state index >= 15 is 0 Å². The Balaban J connectivity index is 1.78. The molecule has 2 aromatic rings. The maximum Gasteiger partial charge on any atom is 0.149 e. The predicted octanol–water partition coefficient (Wildman–Crippen LogP) is 1.86. The Labute approximate surface area is 106 Å². The average molecular weight is 244 g/mol. The van der Waals surface area contributed by atoms with E-state index in [0.717, 1.165) is 11.4 Å². The molecule has 0 saturated carbocycles. The largest absolute Gasteiger partial charge is 0.490 e. The van der Waals surface area contributed by atoms with Crippen molar-refractivity contribution in [2.45, 2.75) is 6.92 Å². The minimum Gasteiger partial charge on any atom is -0.490 e. The quantitative estimate of drug-likeness (QED) is 0.620. The molecule has 2 rings (SSSR count). The first kappa shape index (κ1) is 12.2. The lowest BCUT2D eigenvalue weighted by Gasteiger charge is -2.09. The first-order valence-electron chi connectivity index (χ1n) is 5.76. The van der Waals surface area contributed by atoms with Crippen LogP contribution < -0.4 is 15.8 Å². The molecule has 1 aromatic carbocycles. The highest BCUT2D eigenvalue weighted by atomic mass is 16.5. The Kier molecular flexibility index (Phi) is 3.96. The third-order valence-electron chi connectivity index (χ3n) is 2.38. The first-order chi connectivity index (χ1) is 8.75. The first-order valence-corrected chi connectivity index (χ1v) is 5.76. The molecule has 3 N–H and O–H groups in total. The van der Waals surface area contributed by atoms with E-state index in [0.29, 0.717) is 24.6 Å². The lowest BCUT2D eigenvalue weighted by molar-refractivity contribution is 0.334. The van der Waals surface area contributed by atoms with E-state index in [4.69, 9.17) is 10.5 Å². The van der Waals surface area contributed by atoms with Gasteiger partial charge in [-0.1, -0.05) is 12.1 Å². The van der Waals surface area contributed by atoms with E-state index in [1.54, 1.807) is 6.20 Å². The highest BCUT2D eigenvalue weighted by Gasteiger charge is 1.98. The summed E-state index contributed by atoms with van der Waals surface area (Å²) in [5.74, 6) is 1.45. The number of aromatic nitrogens is 2. The number of hydrogen-bond acceptors (Lipinski definition) is 5. The van der Waals surface area contributed by atoms with E-state index in [1.807, 2.05) is 37.3 Å². The molecule has 0 radical (unpaired) electrons. The van der Waals surface area contributed by atoms with Crippen LogP contribution in [0.5, 0.6) is 5.75 Å². The Morgan fingerprint density at radius 3 is 2.94 bits per heavy atom. The number of aryl methyl sites for hydroxylation is 1. The Bertz CT molecular complexity index is 516. The summed E-state index contributed by atoms with van der Waals surface area (Å²) >= 11 is 0. The van der Waals surface area contributed by atoms with Gasteiger partial charge in [-0.25, -0.2) is 0 Å². The van der Waals surface area contributed by atoms with Gasteiger partial charge < -0.3 is 15.8 Å². The fourth-order valence-corrected chi connectivity index (χ4v) is 1.50. The number of nitrogens with one attached hydrogen (secondary N) is 1. The lowest BCUT2D eigenvalue weighted by atomic mass is 10.3. The van der Waals surface area contributed by atoms with Gasteiger partial charge in [-0.05, 0) is 30.7 Å². The van der Waals surface area contributed by atoms with Crippen LogP contribution in [0.25, 0.3) is 0 Å². The number of ether oxygens (including phenoxy) is 1. The molecule has 0 amide bonds. The van der Waals surface area contributed by atoms with Crippen LogP contribution in [-0.2, 0) is 0 Å². The van der Waals surface area contributed by atoms with Crippen LogP contribution in [-0.4, -0.2) is 23.3 Å². The monoisotopic (exact) mass is 244 g/mol. The maximum atomic E-state index is 5.77. The zero-order valence-electron chi connectivity index (χ0n) is 10.3. The summed E-state index contributed by atoms with van der Waals surface area (Å²) in [5, 5.41) is 11.0. The Morgan fingerprint density at radius 1 is 1.33 bits per heavy atom. The zero-order valence-corrected chi connectivity index (χ0v) is 10.3. The molecule has 1 aromatic heterocycles. The normalized spacial score (nSPS) is 10.1. The van der Waals surface area contributed by atoms with Crippen LogP contribution in [0.4, 0.5) is 11.5 Å². The van der Waals surface area contributed by atoms with Gasteiger partial charge in [-0.3, -0.25) is 0 Å². The van der Waals surface area contributed by atoms with Crippen LogP contribution >= 0.6 is 0 Å². The molecule has 94 valence electrons. The highest BCUT2D eigenvalue weighted by molar-refractivity contribution is 5.51. The van der Waals surface area contributed by atoms with E-state index in [-0.39, 0.29) is 0 Å². The number of hydrogen-bond donors (Lipinski definition) is 2. The number of nitrogens with zero attached hydrogens (tertiary/aromatic N) is 2. The zero-order chi connectivity index (χ0) is 12.8. The molecule has 18 heavy (non-hydrogen) atoms. The molecule has 5 nitrogen and oxygen atoms in total. The minimum absolute atomic E-state index is 0.518. The third kappa shape index (κ3) is 3.35. The van der Waals surface area contributed by atoms with Crippen molar-refractivity contribution in [3.05, 3.63) is 42.1 Å². The summed E-state index contributed by atoms with van der Waals surface area (Å²) in [4.78, 5) is 0. The molecule has 0 aliphatic carbocycles. The second kappa shape index (κ2) is 5.86. The summed E-state index contributed by atoms with van der Waals surface area (Å²) < 4.78 is 5.55. The molecule has 0 atom stereocenters. The molecule has 0 unspecified atom stereocenters. The summed E-state index contributed by atoms with van der Waals surface area (Å²) in [6, 6.07) is 9.37. The topological polar surface area (TPSA) is 73.1 Å². The Morgan fingerprint density at radius 2 is 2.17 bits per heavy atom. The summed E-state index contributed by atoms with van der Waals surface area (Å²) in [7, 11) is 0. The van der Waals surface area contributed by atoms with Gasteiger partial charge in [0, 0.05) is 0 Å². The van der Waals surface area contributed by atoms with Gasteiger partial charge in [0.2, 0.25) is 0 Å². The molecule has 0 fully saturated rings. The number of nitrogen functional groups attached to an aromatic ring is 1. The van der Waals surface area contributed by atoms with Crippen molar-refractivity contribution in [1.29, 1.82) is 0 Å². The number of rotatable bonds is 5. The minimum atomic E-state index is 0.518. The predicted molar refractivity (Wildman–Crippen MR) is 71.6 cm³/mol. The standard InChI is InChI=1S/C13H16N4O/c1-10-8-13(17-16-9-10)15-6-7-18-12-5-3-2-4-11(12)14/h2-5,8-9H,6-7,14H2,1H3,(H,15,17). The molecule has 0 aliphatic heterocycles. The van der Waals surface area contributed by atoms with E-state index in [9.17, 15) is 0 Å². The average Bonchev–Trinajstić information content (AvgIpc) is 2.37. The molecular weight excluding hydrogens is 228 g/mol. The highest BCUT2D eigenvalue weighted by Crippen LogP contribution is 2.19. The van der Waals surface area contributed by atoms with Crippen molar-refractivity contribution < 1.29 is 4.74 Å². The van der Waals surface area contributed by atoms with Gasteiger partial charge in [0.15, 0.2) is 0 Å². The second-order valence-corrected chi connectivity index (χ2v) is 3.93. The van der Waals surface area contributed by atoms with Crippen LogP contribution in [0, 0.1) is 6.92 Å². The van der Waals surface area contributed by atoms with Crippen molar-refractivity contribution in [3.8, 4) is 5.75 Å². The number of benzene rings is 1. The fourth-order valence-electron chi connectivity index (χ4n) is 1.50. The van der Waals surface area contributed by atoms with Crippen molar-refractivity contribution in [1.82, 2.24) is 10.2 Å². The van der Waals surface area contributed by atoms with Crippen molar-refractivity contribution in [3.63, 3.8) is 0 Å². The maximum absolute atomic E-state index is 5.77. The van der Waals surface area contributed by atoms with Crippen LogP contribution in [0.1, 0.15) is 5.56 Å². The SMILES string of the molecule is Cc1cnnc(NCCOc2ccccc2N)c1. The fraction of sp³-hybridized carbons (Fsp3) is 0.231. The smallest absolute Gasteiger partial charge is 0.149 e. The van der Waals surface area contributed by atoms with Gasteiger partial charge in [0.1, 0.15) is 18.2 Å². The van der Waals surface area contributed by atoms with Crippen LogP contribution in [0.2, 0.25) is 0 Å². The van der Waals surface area contributed by atoms with Gasteiger partial charge in [0.05, 0.1) is 18.4 Å². The van der Waals surface area contributed by atoms with Crippen LogP contribution in [0.3, 0.4) is 0 Å². The number of para-hydroxylation sites is 2. The van der Waals surface area contributed by atoms with Crippen molar-refractivity contribution >= 4 is 11.5 Å². The van der Waals surface area contributed by atoms with Crippen LogP contribution in [0.15, 0.2) is 36.5 Å². The summed E-state index contributed by atoms with van der Waals surface area (Å²) in [6.45, 7) is 3.14. The molecule has 0 saturated heterocycles. The number of nitrogens with two attached hydrogens (primary N) is 1. The van der Waals surface area contributed by atoms with E-state index in [1.165, 1.54) is 0 Å². The summed E-state index contributed by atoms with van der Waals surface area (Å²) in [5.41, 5.74) is 7.48. The molecule has 1 heterocycles. The Hall–Kier alpha value is -2.30. The van der Waals surface area contributed by atoms with Crippen molar-refractivity contribution in [2.24, 2.45) is 0 Å². The molecule has 0 spiro atoms. The van der Waals surface area contributed by atoms with Gasteiger partial charge in [0.25, 0.3) is 0 Å². The van der Waals surface area contributed by atoms with Gasteiger partial charge in [-0.2, -0.15) is 5.10 Å². The summed E-state index contributed by atoms with van der Waals surface area (Å²) in [6.07, 6.45) is 1.71. The molecular formula is C13H16N4O. The van der Waals surface area contributed by atoms with E-state index in [2.05, 4.69) is 15.5 Å². The lowest BCUT2D eigenvalue weighted by Crippen LogP contribution is -2.13.